The maximum Gasteiger partial charge on any atom is 0.275 e. The summed E-state index contributed by atoms with van der Waals surface area (Å²) in [5.41, 5.74) is 0.563. The van der Waals surface area contributed by atoms with Crippen molar-refractivity contribution in [2.45, 2.75) is 19.4 Å². The monoisotopic (exact) mass is 209 g/mol. The molecule has 0 aromatic heterocycles. The van der Waals surface area contributed by atoms with Crippen LogP contribution in [0.15, 0.2) is 18.2 Å². The molecule has 1 aromatic rings. The third-order valence-electron chi connectivity index (χ3n) is 2.24. The molecule has 80 valence electrons. The molecule has 0 amide bonds. The fourth-order valence-corrected chi connectivity index (χ4v) is 1.44. The highest BCUT2D eigenvalue weighted by Crippen LogP contribution is 2.26. The van der Waals surface area contributed by atoms with E-state index in [0.717, 1.165) is 0 Å². The lowest BCUT2D eigenvalue weighted by Crippen LogP contribution is -2.04. The standard InChI is InChI=1S/C10H11NO4/c1-7(5-12)8-3-2-4-10(11(14)15)9(8)6-13/h2-5,7,13H,6H2,1H3. The Morgan fingerprint density at radius 2 is 2.27 bits per heavy atom. The highest BCUT2D eigenvalue weighted by molar-refractivity contribution is 5.64. The molecule has 0 heterocycles. The lowest BCUT2D eigenvalue weighted by molar-refractivity contribution is -0.385. The molecule has 1 N–H and O–H groups in total. The minimum atomic E-state index is -0.563. The number of aliphatic hydroxyl groups is 1. The van der Waals surface area contributed by atoms with Crippen molar-refractivity contribution in [3.05, 3.63) is 39.4 Å². The van der Waals surface area contributed by atoms with Crippen molar-refractivity contribution < 1.29 is 14.8 Å². The van der Waals surface area contributed by atoms with E-state index in [1.807, 2.05) is 0 Å². The lowest BCUT2D eigenvalue weighted by atomic mass is 9.96. The Morgan fingerprint density at radius 1 is 1.60 bits per heavy atom. The first kappa shape index (κ1) is 11.3. The molecule has 15 heavy (non-hydrogen) atoms. The number of aliphatic hydroxyl groups excluding tert-OH is 1. The van der Waals surface area contributed by atoms with E-state index in [0.29, 0.717) is 11.8 Å². The molecule has 0 aliphatic carbocycles. The molecule has 0 aliphatic rings. The van der Waals surface area contributed by atoms with Gasteiger partial charge in [0, 0.05) is 12.0 Å². The van der Waals surface area contributed by atoms with Gasteiger partial charge in [0.15, 0.2) is 0 Å². The molecule has 5 heteroatoms. The summed E-state index contributed by atoms with van der Waals surface area (Å²) in [6.45, 7) is 1.19. The summed E-state index contributed by atoms with van der Waals surface area (Å²) < 4.78 is 0. The summed E-state index contributed by atoms with van der Waals surface area (Å²) in [7, 11) is 0. The van der Waals surface area contributed by atoms with Gasteiger partial charge in [-0.05, 0) is 5.56 Å². The van der Waals surface area contributed by atoms with Crippen LogP contribution in [0.4, 0.5) is 5.69 Å². The Morgan fingerprint density at radius 3 is 2.73 bits per heavy atom. The normalized spacial score (nSPS) is 12.1. The second kappa shape index (κ2) is 4.65. The molecule has 5 nitrogen and oxygen atoms in total. The highest BCUT2D eigenvalue weighted by atomic mass is 16.6. The van der Waals surface area contributed by atoms with Crippen LogP contribution >= 0.6 is 0 Å². The minimum absolute atomic E-state index is 0.149. The summed E-state index contributed by atoms with van der Waals surface area (Å²) >= 11 is 0. The lowest BCUT2D eigenvalue weighted by Gasteiger charge is -2.09. The van der Waals surface area contributed by atoms with E-state index in [9.17, 15) is 14.9 Å². The van der Waals surface area contributed by atoms with E-state index < -0.39 is 17.4 Å². The van der Waals surface area contributed by atoms with Crippen LogP contribution in [0.1, 0.15) is 24.0 Å². The van der Waals surface area contributed by atoms with Gasteiger partial charge in [-0.2, -0.15) is 0 Å². The second-order valence-electron chi connectivity index (χ2n) is 3.18. The summed E-state index contributed by atoms with van der Waals surface area (Å²) in [6.07, 6.45) is 0.693. The van der Waals surface area contributed by atoms with Gasteiger partial charge in [-0.25, -0.2) is 0 Å². The number of hydrogen-bond acceptors (Lipinski definition) is 4. The number of carbonyl (C=O) groups excluding carboxylic acids is 1. The van der Waals surface area contributed by atoms with E-state index in [1.165, 1.54) is 12.1 Å². The molecule has 1 aromatic carbocycles. The number of benzene rings is 1. The van der Waals surface area contributed by atoms with Crippen LogP contribution in [0, 0.1) is 10.1 Å². The van der Waals surface area contributed by atoms with Gasteiger partial charge in [-0.1, -0.05) is 19.1 Å². The van der Waals surface area contributed by atoms with Crippen LogP contribution < -0.4 is 0 Å². The van der Waals surface area contributed by atoms with Crippen LogP contribution in [-0.4, -0.2) is 16.3 Å². The largest absolute Gasteiger partial charge is 0.391 e. The van der Waals surface area contributed by atoms with E-state index in [-0.39, 0.29) is 11.3 Å². The Bertz CT molecular complexity index is 389. The van der Waals surface area contributed by atoms with Crippen LogP contribution in [0.2, 0.25) is 0 Å². The molecule has 0 spiro atoms. The summed E-state index contributed by atoms with van der Waals surface area (Å²) in [6, 6.07) is 4.43. The molecule has 0 aliphatic heterocycles. The van der Waals surface area contributed by atoms with Crippen LogP contribution in [0.5, 0.6) is 0 Å². The maximum atomic E-state index is 10.6. The predicted octanol–water partition coefficient (Wildman–Crippen LogP) is 1.39. The first-order chi connectivity index (χ1) is 7.11. The molecule has 1 unspecified atom stereocenters. The van der Waals surface area contributed by atoms with Crippen molar-refractivity contribution in [2.24, 2.45) is 0 Å². The summed E-state index contributed by atoms with van der Waals surface area (Å²) in [5.74, 6) is -0.452. The molecule has 1 rings (SSSR count). The molecule has 0 radical (unpaired) electrons. The third-order valence-corrected chi connectivity index (χ3v) is 2.24. The van der Waals surface area contributed by atoms with Gasteiger partial charge in [-0.15, -0.1) is 0 Å². The fraction of sp³-hybridized carbons (Fsp3) is 0.300. The Hall–Kier alpha value is -1.75. The Labute approximate surface area is 86.5 Å². The maximum absolute atomic E-state index is 10.6. The zero-order chi connectivity index (χ0) is 11.4. The second-order valence-corrected chi connectivity index (χ2v) is 3.18. The number of nitro benzene ring substituents is 1. The number of aldehydes is 1. The van der Waals surface area contributed by atoms with Gasteiger partial charge >= 0.3 is 0 Å². The van der Waals surface area contributed by atoms with E-state index in [4.69, 9.17) is 5.11 Å². The van der Waals surface area contributed by atoms with Gasteiger partial charge < -0.3 is 9.90 Å². The van der Waals surface area contributed by atoms with Crippen molar-refractivity contribution in [1.82, 2.24) is 0 Å². The number of rotatable bonds is 4. The first-order valence-corrected chi connectivity index (χ1v) is 4.44. The topological polar surface area (TPSA) is 80.4 Å². The van der Waals surface area contributed by atoms with Crippen molar-refractivity contribution in [3.8, 4) is 0 Å². The van der Waals surface area contributed by atoms with Crippen LogP contribution in [-0.2, 0) is 11.4 Å². The molecule has 0 saturated heterocycles. The number of nitrogens with zero attached hydrogens (tertiary/aromatic N) is 1. The minimum Gasteiger partial charge on any atom is -0.391 e. The summed E-state index contributed by atoms with van der Waals surface area (Å²) in [5, 5.41) is 19.7. The molecule has 0 saturated carbocycles. The SMILES string of the molecule is CC(C=O)c1cccc([N+](=O)[O-])c1CO. The van der Waals surface area contributed by atoms with Crippen molar-refractivity contribution in [3.63, 3.8) is 0 Å². The molecular formula is C10H11NO4. The van der Waals surface area contributed by atoms with Gasteiger partial charge in [0.25, 0.3) is 5.69 Å². The van der Waals surface area contributed by atoms with E-state index >= 15 is 0 Å². The summed E-state index contributed by atoms with van der Waals surface area (Å²) in [4.78, 5) is 20.7. The molecule has 1 atom stereocenters. The van der Waals surface area contributed by atoms with Crippen molar-refractivity contribution in [1.29, 1.82) is 0 Å². The van der Waals surface area contributed by atoms with Crippen LogP contribution in [0.3, 0.4) is 0 Å². The quantitative estimate of drug-likeness (QED) is 0.461. The van der Waals surface area contributed by atoms with Gasteiger partial charge in [-0.3, -0.25) is 10.1 Å². The number of nitro groups is 1. The Balaban J connectivity index is 3.34. The zero-order valence-electron chi connectivity index (χ0n) is 8.21. The first-order valence-electron chi connectivity index (χ1n) is 4.44. The van der Waals surface area contributed by atoms with Crippen molar-refractivity contribution in [2.75, 3.05) is 0 Å². The van der Waals surface area contributed by atoms with E-state index in [1.54, 1.807) is 13.0 Å². The number of hydrogen-bond donors (Lipinski definition) is 1. The zero-order valence-corrected chi connectivity index (χ0v) is 8.21. The molecular weight excluding hydrogens is 198 g/mol. The molecule has 0 fully saturated rings. The average Bonchev–Trinajstić information content (AvgIpc) is 2.26. The average molecular weight is 209 g/mol. The van der Waals surface area contributed by atoms with Gasteiger partial charge in [0.1, 0.15) is 6.29 Å². The number of carbonyl (C=O) groups is 1. The molecule has 0 bridgehead atoms. The third kappa shape index (κ3) is 2.19. The van der Waals surface area contributed by atoms with Gasteiger partial charge in [0.2, 0.25) is 0 Å². The Kier molecular flexibility index (Phi) is 3.51. The highest BCUT2D eigenvalue weighted by Gasteiger charge is 2.19. The predicted molar refractivity (Wildman–Crippen MR) is 53.5 cm³/mol. The fourth-order valence-electron chi connectivity index (χ4n) is 1.44. The smallest absolute Gasteiger partial charge is 0.275 e. The van der Waals surface area contributed by atoms with Gasteiger partial charge in [0.05, 0.1) is 17.1 Å². The van der Waals surface area contributed by atoms with E-state index in [2.05, 4.69) is 0 Å². The van der Waals surface area contributed by atoms with Crippen molar-refractivity contribution >= 4 is 12.0 Å². The van der Waals surface area contributed by atoms with Crippen LogP contribution in [0.25, 0.3) is 0 Å².